The molecule has 1 atom stereocenters. The first kappa shape index (κ1) is 17.9. The Bertz CT molecular complexity index is 665. The summed E-state index contributed by atoms with van der Waals surface area (Å²) < 4.78 is 11.3. The molecule has 1 amide bonds. The Morgan fingerprint density at radius 3 is 2.33 bits per heavy atom. The SMILES string of the molecule is CCOc1ccc(NC(=O)C(C)Oc2ccccc2C(C)C)cc1. The highest BCUT2D eigenvalue weighted by molar-refractivity contribution is 5.94. The normalized spacial score (nSPS) is 11.9. The Morgan fingerprint density at radius 2 is 1.71 bits per heavy atom. The van der Waals surface area contributed by atoms with E-state index in [4.69, 9.17) is 9.47 Å². The third-order valence-corrected chi connectivity index (χ3v) is 3.65. The number of nitrogens with one attached hydrogen (secondary N) is 1. The fourth-order valence-electron chi connectivity index (χ4n) is 2.35. The molecule has 2 aromatic carbocycles. The van der Waals surface area contributed by atoms with Crippen molar-refractivity contribution in [3.05, 3.63) is 54.1 Å². The number of hydrogen-bond acceptors (Lipinski definition) is 3. The smallest absolute Gasteiger partial charge is 0.265 e. The Labute approximate surface area is 143 Å². The van der Waals surface area contributed by atoms with Gasteiger partial charge in [0, 0.05) is 5.69 Å². The Kier molecular flexibility index (Phi) is 6.24. The number of ether oxygens (including phenoxy) is 2. The van der Waals surface area contributed by atoms with Crippen molar-refractivity contribution in [2.24, 2.45) is 0 Å². The van der Waals surface area contributed by atoms with E-state index in [1.165, 1.54) is 0 Å². The number of amides is 1. The van der Waals surface area contributed by atoms with Gasteiger partial charge >= 0.3 is 0 Å². The molecule has 2 rings (SSSR count). The zero-order valence-corrected chi connectivity index (χ0v) is 14.7. The molecule has 0 aliphatic carbocycles. The number of benzene rings is 2. The molecule has 0 aliphatic rings. The van der Waals surface area contributed by atoms with Gasteiger partial charge in [-0.15, -0.1) is 0 Å². The highest BCUT2D eigenvalue weighted by Gasteiger charge is 2.17. The topological polar surface area (TPSA) is 47.6 Å². The first-order valence-corrected chi connectivity index (χ1v) is 8.30. The van der Waals surface area contributed by atoms with Crippen LogP contribution in [0, 0.1) is 0 Å². The van der Waals surface area contributed by atoms with Crippen LogP contribution in [0.5, 0.6) is 11.5 Å². The number of carbonyl (C=O) groups excluding carboxylic acids is 1. The van der Waals surface area contributed by atoms with Gasteiger partial charge in [0.15, 0.2) is 6.10 Å². The summed E-state index contributed by atoms with van der Waals surface area (Å²) >= 11 is 0. The molecule has 24 heavy (non-hydrogen) atoms. The second-order valence-electron chi connectivity index (χ2n) is 5.90. The maximum Gasteiger partial charge on any atom is 0.265 e. The number of hydrogen-bond donors (Lipinski definition) is 1. The van der Waals surface area contributed by atoms with Gasteiger partial charge in [0.25, 0.3) is 5.91 Å². The van der Waals surface area contributed by atoms with Gasteiger partial charge < -0.3 is 14.8 Å². The van der Waals surface area contributed by atoms with Crippen molar-refractivity contribution in [1.82, 2.24) is 0 Å². The van der Waals surface area contributed by atoms with E-state index in [2.05, 4.69) is 19.2 Å². The lowest BCUT2D eigenvalue weighted by Gasteiger charge is -2.18. The summed E-state index contributed by atoms with van der Waals surface area (Å²) in [6.07, 6.45) is -0.587. The second kappa shape index (κ2) is 8.39. The van der Waals surface area contributed by atoms with Gasteiger partial charge in [0.1, 0.15) is 11.5 Å². The fourth-order valence-corrected chi connectivity index (χ4v) is 2.35. The zero-order chi connectivity index (χ0) is 17.5. The van der Waals surface area contributed by atoms with Crippen LogP contribution in [-0.4, -0.2) is 18.6 Å². The van der Waals surface area contributed by atoms with E-state index >= 15 is 0 Å². The molecule has 1 unspecified atom stereocenters. The molecular weight excluding hydrogens is 302 g/mol. The minimum absolute atomic E-state index is 0.183. The Balaban J connectivity index is 2.00. The first-order valence-electron chi connectivity index (χ1n) is 8.30. The summed E-state index contributed by atoms with van der Waals surface area (Å²) in [5.74, 6) is 1.69. The number of carbonyl (C=O) groups is 1. The van der Waals surface area contributed by atoms with Crippen LogP contribution >= 0.6 is 0 Å². The van der Waals surface area contributed by atoms with Gasteiger partial charge in [-0.2, -0.15) is 0 Å². The molecule has 2 aromatic rings. The van der Waals surface area contributed by atoms with E-state index in [-0.39, 0.29) is 5.91 Å². The predicted molar refractivity (Wildman–Crippen MR) is 96.9 cm³/mol. The summed E-state index contributed by atoms with van der Waals surface area (Å²) in [6.45, 7) is 8.51. The average molecular weight is 327 g/mol. The van der Waals surface area contributed by atoms with Crippen molar-refractivity contribution < 1.29 is 14.3 Å². The fraction of sp³-hybridized carbons (Fsp3) is 0.350. The van der Waals surface area contributed by atoms with Gasteiger partial charge in [-0.3, -0.25) is 4.79 Å². The monoisotopic (exact) mass is 327 g/mol. The molecule has 0 fully saturated rings. The van der Waals surface area contributed by atoms with Crippen LogP contribution in [0.15, 0.2) is 48.5 Å². The molecule has 0 spiro atoms. The van der Waals surface area contributed by atoms with Crippen LogP contribution in [0.4, 0.5) is 5.69 Å². The van der Waals surface area contributed by atoms with Gasteiger partial charge in [-0.25, -0.2) is 0 Å². The molecule has 0 saturated heterocycles. The van der Waals surface area contributed by atoms with Gasteiger partial charge in [-0.05, 0) is 55.7 Å². The van der Waals surface area contributed by atoms with Crippen molar-refractivity contribution >= 4 is 11.6 Å². The van der Waals surface area contributed by atoms with Crippen LogP contribution in [0.25, 0.3) is 0 Å². The zero-order valence-electron chi connectivity index (χ0n) is 14.7. The van der Waals surface area contributed by atoms with Crippen LogP contribution in [0.1, 0.15) is 39.2 Å². The van der Waals surface area contributed by atoms with Crippen molar-refractivity contribution in [3.8, 4) is 11.5 Å². The van der Waals surface area contributed by atoms with Crippen molar-refractivity contribution in [1.29, 1.82) is 0 Å². The molecule has 4 nitrogen and oxygen atoms in total. The number of rotatable bonds is 7. The predicted octanol–water partition coefficient (Wildman–Crippen LogP) is 4.61. The van der Waals surface area contributed by atoms with E-state index < -0.39 is 6.10 Å². The van der Waals surface area contributed by atoms with Crippen LogP contribution in [0.2, 0.25) is 0 Å². The average Bonchev–Trinajstić information content (AvgIpc) is 2.57. The van der Waals surface area contributed by atoms with Crippen molar-refractivity contribution in [3.63, 3.8) is 0 Å². The van der Waals surface area contributed by atoms with E-state index in [9.17, 15) is 4.79 Å². The summed E-state index contributed by atoms with van der Waals surface area (Å²) in [4.78, 5) is 12.3. The lowest BCUT2D eigenvalue weighted by Crippen LogP contribution is -2.30. The van der Waals surface area contributed by atoms with E-state index in [0.717, 1.165) is 22.7 Å². The summed E-state index contributed by atoms with van der Waals surface area (Å²) in [6, 6.07) is 15.1. The highest BCUT2D eigenvalue weighted by atomic mass is 16.5. The van der Waals surface area contributed by atoms with Crippen molar-refractivity contribution in [2.75, 3.05) is 11.9 Å². The van der Waals surface area contributed by atoms with Crippen LogP contribution in [0.3, 0.4) is 0 Å². The second-order valence-corrected chi connectivity index (χ2v) is 5.90. The third kappa shape index (κ3) is 4.75. The van der Waals surface area contributed by atoms with E-state index in [0.29, 0.717) is 12.5 Å². The lowest BCUT2D eigenvalue weighted by molar-refractivity contribution is -0.122. The standard InChI is InChI=1S/C20H25NO3/c1-5-23-17-12-10-16(11-13-17)21-20(22)15(4)24-19-9-7-6-8-18(19)14(2)3/h6-15H,5H2,1-4H3,(H,21,22). The first-order chi connectivity index (χ1) is 11.5. The molecular formula is C20H25NO3. The molecule has 0 aromatic heterocycles. The number of para-hydroxylation sites is 1. The van der Waals surface area contributed by atoms with Crippen LogP contribution in [-0.2, 0) is 4.79 Å². The highest BCUT2D eigenvalue weighted by Crippen LogP contribution is 2.27. The molecule has 0 bridgehead atoms. The Morgan fingerprint density at radius 1 is 1.04 bits per heavy atom. The minimum Gasteiger partial charge on any atom is -0.494 e. The molecule has 128 valence electrons. The largest absolute Gasteiger partial charge is 0.494 e. The molecule has 0 heterocycles. The molecule has 0 radical (unpaired) electrons. The number of anilines is 1. The van der Waals surface area contributed by atoms with Gasteiger partial charge in [0.2, 0.25) is 0 Å². The van der Waals surface area contributed by atoms with Gasteiger partial charge in [0.05, 0.1) is 6.61 Å². The molecule has 0 aliphatic heterocycles. The molecule has 0 saturated carbocycles. The quantitative estimate of drug-likeness (QED) is 0.807. The van der Waals surface area contributed by atoms with Crippen molar-refractivity contribution in [2.45, 2.75) is 39.7 Å². The third-order valence-electron chi connectivity index (χ3n) is 3.65. The maximum atomic E-state index is 12.3. The molecule has 4 heteroatoms. The summed E-state index contributed by atoms with van der Waals surface area (Å²) in [7, 11) is 0. The lowest BCUT2D eigenvalue weighted by atomic mass is 10.0. The van der Waals surface area contributed by atoms with Gasteiger partial charge in [-0.1, -0.05) is 32.0 Å². The summed E-state index contributed by atoms with van der Waals surface area (Å²) in [5, 5.41) is 2.86. The Hall–Kier alpha value is -2.49. The summed E-state index contributed by atoms with van der Waals surface area (Å²) in [5.41, 5.74) is 1.81. The van der Waals surface area contributed by atoms with Crippen LogP contribution < -0.4 is 14.8 Å². The minimum atomic E-state index is -0.587. The molecule has 1 N–H and O–H groups in total. The maximum absolute atomic E-state index is 12.3. The van der Waals surface area contributed by atoms with E-state index in [1.54, 1.807) is 6.92 Å². The van der Waals surface area contributed by atoms with E-state index in [1.807, 2.05) is 55.5 Å².